The van der Waals surface area contributed by atoms with Crippen LogP contribution in [0.3, 0.4) is 0 Å². The van der Waals surface area contributed by atoms with E-state index in [1.807, 2.05) is 12.1 Å². The highest BCUT2D eigenvalue weighted by Gasteiger charge is 1.92. The van der Waals surface area contributed by atoms with Gasteiger partial charge in [0, 0.05) is 11.0 Å². The minimum atomic E-state index is 0.755. The molecule has 0 fully saturated rings. The Kier molecular flexibility index (Phi) is 5.05. The molecule has 0 unspecified atom stereocenters. The van der Waals surface area contributed by atoms with E-state index in [0.717, 1.165) is 30.5 Å². The quantitative estimate of drug-likeness (QED) is 0.775. The maximum absolute atomic E-state index is 5.38. The Balaban J connectivity index is 2.28. The standard InChI is InChI=1S/C10H15BrN2/c11-10-4-1-3-9(7-10)8-13-6-2-5-12/h1,3-4,7,13H,2,5-6,8,12H2. The summed E-state index contributed by atoms with van der Waals surface area (Å²) in [7, 11) is 0. The van der Waals surface area contributed by atoms with Gasteiger partial charge in [0.15, 0.2) is 0 Å². The van der Waals surface area contributed by atoms with Crippen LogP contribution in [-0.2, 0) is 6.54 Å². The van der Waals surface area contributed by atoms with Crippen molar-refractivity contribution >= 4 is 15.9 Å². The number of nitrogens with one attached hydrogen (secondary N) is 1. The van der Waals surface area contributed by atoms with Gasteiger partial charge in [0.2, 0.25) is 0 Å². The highest BCUT2D eigenvalue weighted by atomic mass is 79.9. The van der Waals surface area contributed by atoms with Crippen molar-refractivity contribution in [2.45, 2.75) is 13.0 Å². The molecule has 13 heavy (non-hydrogen) atoms. The Bertz CT molecular complexity index is 250. The van der Waals surface area contributed by atoms with Crippen LogP contribution < -0.4 is 11.1 Å². The van der Waals surface area contributed by atoms with Crippen LogP contribution in [0.2, 0.25) is 0 Å². The van der Waals surface area contributed by atoms with Crippen molar-refractivity contribution in [3.8, 4) is 0 Å². The van der Waals surface area contributed by atoms with E-state index in [0.29, 0.717) is 0 Å². The van der Waals surface area contributed by atoms with E-state index in [1.54, 1.807) is 0 Å². The molecule has 0 amide bonds. The lowest BCUT2D eigenvalue weighted by molar-refractivity contribution is 0.655. The lowest BCUT2D eigenvalue weighted by Crippen LogP contribution is -2.17. The van der Waals surface area contributed by atoms with E-state index in [4.69, 9.17) is 5.73 Å². The zero-order valence-corrected chi connectivity index (χ0v) is 9.18. The second-order valence-corrected chi connectivity index (χ2v) is 3.86. The average molecular weight is 243 g/mol. The summed E-state index contributed by atoms with van der Waals surface area (Å²) in [6.45, 7) is 2.66. The van der Waals surface area contributed by atoms with Crippen LogP contribution >= 0.6 is 15.9 Å². The molecule has 0 atom stereocenters. The molecule has 72 valence electrons. The van der Waals surface area contributed by atoms with Gasteiger partial charge in [-0.3, -0.25) is 0 Å². The number of nitrogens with two attached hydrogens (primary N) is 1. The summed E-state index contributed by atoms with van der Waals surface area (Å²) in [5.74, 6) is 0. The molecule has 0 bridgehead atoms. The Hall–Kier alpha value is -0.380. The molecule has 1 rings (SSSR count). The number of benzene rings is 1. The largest absolute Gasteiger partial charge is 0.330 e. The number of hydrogen-bond donors (Lipinski definition) is 2. The van der Waals surface area contributed by atoms with Crippen LogP contribution in [-0.4, -0.2) is 13.1 Å². The molecule has 0 spiro atoms. The molecule has 0 aliphatic rings. The van der Waals surface area contributed by atoms with E-state index in [2.05, 4.69) is 33.4 Å². The normalized spacial score (nSPS) is 10.3. The summed E-state index contributed by atoms with van der Waals surface area (Å²) in [5.41, 5.74) is 6.68. The van der Waals surface area contributed by atoms with E-state index < -0.39 is 0 Å². The van der Waals surface area contributed by atoms with Crippen LogP contribution in [0.1, 0.15) is 12.0 Å². The third-order valence-corrected chi connectivity index (χ3v) is 2.27. The van der Waals surface area contributed by atoms with Crippen molar-refractivity contribution in [2.75, 3.05) is 13.1 Å². The van der Waals surface area contributed by atoms with Crippen LogP contribution in [0.5, 0.6) is 0 Å². The van der Waals surface area contributed by atoms with E-state index in [1.165, 1.54) is 5.56 Å². The van der Waals surface area contributed by atoms with Gasteiger partial charge in [-0.05, 0) is 37.2 Å². The number of hydrogen-bond acceptors (Lipinski definition) is 2. The van der Waals surface area contributed by atoms with Crippen LogP contribution in [0.4, 0.5) is 0 Å². The van der Waals surface area contributed by atoms with Crippen LogP contribution in [0.25, 0.3) is 0 Å². The van der Waals surface area contributed by atoms with Crippen molar-refractivity contribution in [1.82, 2.24) is 5.32 Å². The molecule has 1 aromatic carbocycles. The van der Waals surface area contributed by atoms with Crippen molar-refractivity contribution in [3.63, 3.8) is 0 Å². The Labute approximate surface area is 87.6 Å². The summed E-state index contributed by atoms with van der Waals surface area (Å²) in [6.07, 6.45) is 1.04. The Morgan fingerprint density at radius 2 is 2.23 bits per heavy atom. The highest BCUT2D eigenvalue weighted by molar-refractivity contribution is 9.10. The molecule has 0 aliphatic carbocycles. The second kappa shape index (κ2) is 6.13. The van der Waals surface area contributed by atoms with Gasteiger partial charge < -0.3 is 11.1 Å². The molecular weight excluding hydrogens is 228 g/mol. The SMILES string of the molecule is NCCCNCc1cccc(Br)c1. The highest BCUT2D eigenvalue weighted by Crippen LogP contribution is 2.11. The minimum absolute atomic E-state index is 0.755. The lowest BCUT2D eigenvalue weighted by Gasteiger charge is -2.03. The first-order valence-corrected chi connectivity index (χ1v) is 5.27. The third-order valence-electron chi connectivity index (χ3n) is 1.78. The van der Waals surface area contributed by atoms with Gasteiger partial charge in [-0.25, -0.2) is 0 Å². The monoisotopic (exact) mass is 242 g/mol. The fourth-order valence-electron chi connectivity index (χ4n) is 1.11. The topological polar surface area (TPSA) is 38.0 Å². The molecule has 0 saturated heterocycles. The number of halogens is 1. The zero-order valence-electron chi connectivity index (χ0n) is 7.59. The smallest absolute Gasteiger partial charge is 0.0205 e. The predicted molar refractivity (Wildman–Crippen MR) is 59.5 cm³/mol. The molecule has 3 heteroatoms. The maximum Gasteiger partial charge on any atom is 0.0205 e. The van der Waals surface area contributed by atoms with Gasteiger partial charge in [-0.15, -0.1) is 0 Å². The molecule has 1 aromatic rings. The maximum atomic E-state index is 5.38. The molecular formula is C10H15BrN2. The summed E-state index contributed by atoms with van der Waals surface area (Å²) >= 11 is 3.44. The van der Waals surface area contributed by atoms with Gasteiger partial charge in [-0.2, -0.15) is 0 Å². The Morgan fingerprint density at radius 3 is 2.92 bits per heavy atom. The zero-order chi connectivity index (χ0) is 9.52. The van der Waals surface area contributed by atoms with E-state index in [9.17, 15) is 0 Å². The van der Waals surface area contributed by atoms with Gasteiger partial charge in [-0.1, -0.05) is 28.1 Å². The van der Waals surface area contributed by atoms with Crippen molar-refractivity contribution < 1.29 is 0 Å². The fraction of sp³-hybridized carbons (Fsp3) is 0.400. The summed E-state index contributed by atoms with van der Waals surface area (Å²) in [6, 6.07) is 8.31. The van der Waals surface area contributed by atoms with Crippen LogP contribution in [0, 0.1) is 0 Å². The molecule has 0 aromatic heterocycles. The van der Waals surface area contributed by atoms with Gasteiger partial charge in [0.05, 0.1) is 0 Å². The van der Waals surface area contributed by atoms with Crippen molar-refractivity contribution in [3.05, 3.63) is 34.3 Å². The van der Waals surface area contributed by atoms with E-state index >= 15 is 0 Å². The molecule has 0 radical (unpaired) electrons. The first-order valence-electron chi connectivity index (χ1n) is 4.48. The van der Waals surface area contributed by atoms with E-state index in [-0.39, 0.29) is 0 Å². The molecule has 0 heterocycles. The number of rotatable bonds is 5. The molecule has 0 saturated carbocycles. The average Bonchev–Trinajstić information content (AvgIpc) is 2.13. The molecule has 2 nitrogen and oxygen atoms in total. The third kappa shape index (κ3) is 4.41. The second-order valence-electron chi connectivity index (χ2n) is 2.95. The van der Waals surface area contributed by atoms with Gasteiger partial charge in [0.1, 0.15) is 0 Å². The summed E-state index contributed by atoms with van der Waals surface area (Å²) < 4.78 is 1.13. The van der Waals surface area contributed by atoms with Crippen LogP contribution in [0.15, 0.2) is 28.7 Å². The van der Waals surface area contributed by atoms with Gasteiger partial charge in [0.25, 0.3) is 0 Å². The molecule has 0 aliphatic heterocycles. The predicted octanol–water partition coefficient (Wildman–Crippen LogP) is 1.89. The summed E-state index contributed by atoms with van der Waals surface area (Å²) in [5, 5.41) is 3.33. The Morgan fingerprint density at radius 1 is 1.38 bits per heavy atom. The van der Waals surface area contributed by atoms with Crippen molar-refractivity contribution in [1.29, 1.82) is 0 Å². The first kappa shape index (κ1) is 10.7. The minimum Gasteiger partial charge on any atom is -0.330 e. The van der Waals surface area contributed by atoms with Gasteiger partial charge >= 0.3 is 0 Å². The fourth-order valence-corrected chi connectivity index (χ4v) is 1.55. The lowest BCUT2D eigenvalue weighted by atomic mass is 10.2. The van der Waals surface area contributed by atoms with Crippen molar-refractivity contribution in [2.24, 2.45) is 5.73 Å². The molecule has 3 N–H and O–H groups in total. The summed E-state index contributed by atoms with van der Waals surface area (Å²) in [4.78, 5) is 0. The first-order chi connectivity index (χ1) is 6.33.